The molecule has 1 N–H and O–H groups in total. The van der Waals surface area contributed by atoms with Gasteiger partial charge in [0.1, 0.15) is 6.04 Å². The summed E-state index contributed by atoms with van der Waals surface area (Å²) in [6.07, 6.45) is -4.92. The number of hydrogen-bond donors (Lipinski definition) is 1. The van der Waals surface area contributed by atoms with Gasteiger partial charge in [0.2, 0.25) is 11.6 Å². The van der Waals surface area contributed by atoms with E-state index < -0.39 is 29.4 Å². The molecule has 0 aliphatic heterocycles. The smallest absolute Gasteiger partial charge is 0.378 e. The quantitative estimate of drug-likeness (QED) is 0.690. The number of aromatic nitrogens is 2. The molecule has 9 heteroatoms. The number of benzene rings is 2. The van der Waals surface area contributed by atoms with Gasteiger partial charge < -0.3 is 10.2 Å². The molecule has 30 heavy (non-hydrogen) atoms. The van der Waals surface area contributed by atoms with Gasteiger partial charge in [-0.15, -0.1) is 0 Å². The van der Waals surface area contributed by atoms with E-state index in [4.69, 9.17) is 0 Å². The third-order valence-corrected chi connectivity index (χ3v) is 4.75. The van der Waals surface area contributed by atoms with Crippen LogP contribution in [0.1, 0.15) is 24.2 Å². The molecular formula is C21H21F3N4O2. The molecule has 0 saturated carbocycles. The molecule has 2 aromatic carbocycles. The zero-order valence-electron chi connectivity index (χ0n) is 16.7. The first-order valence-corrected chi connectivity index (χ1v) is 9.22. The Morgan fingerprint density at radius 2 is 1.77 bits per heavy atom. The number of nitrogens with one attached hydrogen (secondary N) is 1. The number of carbonyl (C=O) groups is 1. The molecule has 0 unspecified atom stereocenters. The zero-order valence-corrected chi connectivity index (χ0v) is 16.7. The summed E-state index contributed by atoms with van der Waals surface area (Å²) in [6, 6.07) is 12.2. The molecule has 0 radical (unpaired) electrons. The molecule has 3 aromatic rings. The SMILES string of the molecule is C[C@H](C(=O)NCc1ccc(N(C)C)cc1)n1c(=O)c(C(F)(F)F)nc2ccccc21. The average molecular weight is 418 g/mol. The summed E-state index contributed by atoms with van der Waals surface area (Å²) in [5.41, 5.74) is -0.923. The Morgan fingerprint density at radius 1 is 1.13 bits per heavy atom. The van der Waals surface area contributed by atoms with Crippen LogP contribution < -0.4 is 15.8 Å². The summed E-state index contributed by atoms with van der Waals surface area (Å²) in [4.78, 5) is 30.6. The van der Waals surface area contributed by atoms with Crippen molar-refractivity contribution in [1.29, 1.82) is 0 Å². The number of fused-ring (bicyclic) bond motifs is 1. The first-order chi connectivity index (χ1) is 14.1. The number of carbonyl (C=O) groups excluding carboxylic acids is 1. The number of amides is 1. The highest BCUT2D eigenvalue weighted by Gasteiger charge is 2.38. The van der Waals surface area contributed by atoms with Gasteiger partial charge in [-0.1, -0.05) is 24.3 Å². The van der Waals surface area contributed by atoms with E-state index in [1.807, 2.05) is 43.3 Å². The minimum Gasteiger partial charge on any atom is -0.378 e. The number of para-hydroxylation sites is 2. The molecule has 0 spiro atoms. The van der Waals surface area contributed by atoms with Crippen molar-refractivity contribution in [2.75, 3.05) is 19.0 Å². The highest BCUT2D eigenvalue weighted by Crippen LogP contribution is 2.27. The molecule has 158 valence electrons. The van der Waals surface area contributed by atoms with E-state index in [0.717, 1.165) is 15.8 Å². The lowest BCUT2D eigenvalue weighted by molar-refractivity contribution is -0.142. The van der Waals surface area contributed by atoms with Gasteiger partial charge in [0, 0.05) is 26.3 Å². The fraction of sp³-hybridized carbons (Fsp3) is 0.286. The van der Waals surface area contributed by atoms with Crippen LogP contribution in [0.2, 0.25) is 0 Å². The molecule has 1 amide bonds. The highest BCUT2D eigenvalue weighted by atomic mass is 19.4. The van der Waals surface area contributed by atoms with E-state index >= 15 is 0 Å². The fourth-order valence-electron chi connectivity index (χ4n) is 3.09. The second-order valence-corrected chi connectivity index (χ2v) is 7.08. The van der Waals surface area contributed by atoms with Crippen molar-refractivity contribution in [2.45, 2.75) is 25.7 Å². The zero-order chi connectivity index (χ0) is 22.1. The van der Waals surface area contributed by atoms with Crippen molar-refractivity contribution in [1.82, 2.24) is 14.9 Å². The summed E-state index contributed by atoms with van der Waals surface area (Å²) in [5.74, 6) is -0.571. The van der Waals surface area contributed by atoms with Gasteiger partial charge in [-0.3, -0.25) is 14.2 Å². The molecule has 0 fully saturated rings. The van der Waals surface area contributed by atoms with E-state index in [1.165, 1.54) is 25.1 Å². The van der Waals surface area contributed by atoms with Crippen molar-refractivity contribution >= 4 is 22.6 Å². The predicted molar refractivity (Wildman–Crippen MR) is 108 cm³/mol. The van der Waals surface area contributed by atoms with E-state index in [0.29, 0.717) is 0 Å². The van der Waals surface area contributed by atoms with Crippen LogP contribution in [-0.2, 0) is 17.5 Å². The molecule has 0 aliphatic carbocycles. The number of halogens is 3. The average Bonchev–Trinajstić information content (AvgIpc) is 2.70. The van der Waals surface area contributed by atoms with Crippen LogP contribution in [0.3, 0.4) is 0 Å². The third kappa shape index (κ3) is 4.29. The van der Waals surface area contributed by atoms with Crippen LogP contribution in [0.25, 0.3) is 11.0 Å². The van der Waals surface area contributed by atoms with Crippen molar-refractivity contribution in [2.24, 2.45) is 0 Å². The number of hydrogen-bond acceptors (Lipinski definition) is 4. The first kappa shape index (κ1) is 21.4. The van der Waals surface area contributed by atoms with E-state index in [-0.39, 0.29) is 17.6 Å². The van der Waals surface area contributed by atoms with Gasteiger partial charge in [-0.05, 0) is 36.8 Å². The number of nitrogens with zero attached hydrogens (tertiary/aromatic N) is 3. The van der Waals surface area contributed by atoms with E-state index in [9.17, 15) is 22.8 Å². The van der Waals surface area contributed by atoms with E-state index in [1.54, 1.807) is 6.07 Å². The van der Waals surface area contributed by atoms with Crippen LogP contribution in [0.5, 0.6) is 0 Å². The first-order valence-electron chi connectivity index (χ1n) is 9.22. The topological polar surface area (TPSA) is 67.2 Å². The van der Waals surface area contributed by atoms with Crippen molar-refractivity contribution in [3.63, 3.8) is 0 Å². The van der Waals surface area contributed by atoms with Gasteiger partial charge in [0.25, 0.3) is 5.56 Å². The largest absolute Gasteiger partial charge is 0.438 e. The normalized spacial score (nSPS) is 12.6. The van der Waals surface area contributed by atoms with Crippen LogP contribution in [0, 0.1) is 0 Å². The summed E-state index contributed by atoms with van der Waals surface area (Å²) >= 11 is 0. The Balaban J connectivity index is 1.90. The number of alkyl halides is 3. The number of anilines is 1. The van der Waals surface area contributed by atoms with E-state index in [2.05, 4.69) is 10.3 Å². The summed E-state index contributed by atoms with van der Waals surface area (Å²) in [7, 11) is 3.81. The number of rotatable bonds is 5. The lowest BCUT2D eigenvalue weighted by Crippen LogP contribution is -2.38. The molecule has 1 atom stereocenters. The lowest BCUT2D eigenvalue weighted by Gasteiger charge is -2.19. The second kappa shape index (κ2) is 8.17. The molecule has 3 rings (SSSR count). The predicted octanol–water partition coefficient (Wildman–Crippen LogP) is 3.36. The monoisotopic (exact) mass is 418 g/mol. The minimum absolute atomic E-state index is 0.0108. The third-order valence-electron chi connectivity index (χ3n) is 4.75. The maximum Gasteiger partial charge on any atom is 0.438 e. The van der Waals surface area contributed by atoms with Crippen LogP contribution in [0.15, 0.2) is 53.3 Å². The van der Waals surface area contributed by atoms with Gasteiger partial charge in [-0.25, -0.2) is 4.98 Å². The van der Waals surface area contributed by atoms with Gasteiger partial charge >= 0.3 is 6.18 Å². The maximum absolute atomic E-state index is 13.3. The Labute approximate surface area is 171 Å². The van der Waals surface area contributed by atoms with Crippen LogP contribution >= 0.6 is 0 Å². The summed E-state index contributed by atoms with van der Waals surface area (Å²) in [5, 5.41) is 2.68. The van der Waals surface area contributed by atoms with Gasteiger partial charge in [0.05, 0.1) is 11.0 Å². The van der Waals surface area contributed by atoms with Crippen molar-refractivity contribution in [3.05, 3.63) is 70.1 Å². The Kier molecular flexibility index (Phi) is 5.82. The van der Waals surface area contributed by atoms with Crippen molar-refractivity contribution < 1.29 is 18.0 Å². The Hall–Kier alpha value is -3.36. The Morgan fingerprint density at radius 3 is 2.37 bits per heavy atom. The lowest BCUT2D eigenvalue weighted by atomic mass is 10.2. The minimum atomic E-state index is -4.92. The maximum atomic E-state index is 13.3. The highest BCUT2D eigenvalue weighted by molar-refractivity contribution is 5.83. The molecular weight excluding hydrogens is 397 g/mol. The van der Waals surface area contributed by atoms with Crippen molar-refractivity contribution in [3.8, 4) is 0 Å². The molecule has 1 aromatic heterocycles. The van der Waals surface area contributed by atoms with Gasteiger partial charge in [0.15, 0.2) is 0 Å². The summed E-state index contributed by atoms with van der Waals surface area (Å²) < 4.78 is 40.7. The molecule has 0 bridgehead atoms. The molecule has 1 heterocycles. The molecule has 6 nitrogen and oxygen atoms in total. The standard InChI is InChI=1S/C21H21F3N4O2/c1-13(19(29)25-12-14-8-10-15(11-9-14)27(2)3)28-17-7-5-4-6-16(17)26-18(20(28)30)21(22,23)24/h4-11,13H,12H2,1-3H3,(H,25,29)/t13-/m1/s1. The van der Waals surface area contributed by atoms with Crippen LogP contribution in [0.4, 0.5) is 18.9 Å². The van der Waals surface area contributed by atoms with Crippen LogP contribution in [-0.4, -0.2) is 29.6 Å². The van der Waals surface area contributed by atoms with Gasteiger partial charge in [-0.2, -0.15) is 13.2 Å². The second-order valence-electron chi connectivity index (χ2n) is 7.08. The molecule has 0 saturated heterocycles. The Bertz CT molecular complexity index is 1120. The summed E-state index contributed by atoms with van der Waals surface area (Å²) in [6.45, 7) is 1.57. The fourth-order valence-corrected chi connectivity index (χ4v) is 3.09. The molecule has 0 aliphatic rings.